The molecule has 0 saturated heterocycles. The Morgan fingerprint density at radius 1 is 0.690 bits per heavy atom. The zero-order chi connectivity index (χ0) is 19.2. The molecule has 2 nitrogen and oxygen atoms in total. The predicted molar refractivity (Wildman–Crippen MR) is 116 cm³/mol. The van der Waals surface area contributed by atoms with Gasteiger partial charge in [-0.1, -0.05) is 18.2 Å². The number of para-hydroxylation sites is 1. The van der Waals surface area contributed by atoms with Crippen molar-refractivity contribution in [1.82, 2.24) is 0 Å². The Bertz CT molecular complexity index is 783. The van der Waals surface area contributed by atoms with E-state index in [1.54, 1.807) is 0 Å². The Kier molecular flexibility index (Phi) is 3.53. The Balaban J connectivity index is 1.20. The first-order valence-corrected chi connectivity index (χ1v) is 12.5. The van der Waals surface area contributed by atoms with Crippen molar-refractivity contribution >= 4 is 11.6 Å². The highest BCUT2D eigenvalue weighted by atomic mass is 16.2. The quantitative estimate of drug-likeness (QED) is 0.645. The monoisotopic (exact) mass is 389 g/mol. The van der Waals surface area contributed by atoms with Crippen LogP contribution in [0.25, 0.3) is 0 Å². The number of rotatable bonds is 3. The van der Waals surface area contributed by atoms with Crippen LogP contribution in [0.2, 0.25) is 0 Å². The smallest absolute Gasteiger partial charge is 0.230 e. The molecule has 0 spiro atoms. The molecule has 0 radical (unpaired) electrons. The molecule has 1 aromatic rings. The predicted octanol–water partition coefficient (Wildman–Crippen LogP) is 6.31. The molecule has 2 heteroatoms. The molecule has 8 aliphatic rings. The van der Waals surface area contributed by atoms with Crippen molar-refractivity contribution in [3.05, 3.63) is 29.8 Å². The fourth-order valence-electron chi connectivity index (χ4n) is 10.1. The van der Waals surface area contributed by atoms with E-state index in [0.717, 1.165) is 60.5 Å². The summed E-state index contributed by atoms with van der Waals surface area (Å²) in [5.41, 5.74) is 2.94. The summed E-state index contributed by atoms with van der Waals surface area (Å²) in [7, 11) is 0. The number of hydrogen-bond acceptors (Lipinski definition) is 1. The molecule has 8 saturated carbocycles. The summed E-state index contributed by atoms with van der Waals surface area (Å²) in [5, 5.41) is 3.55. The molecule has 1 aromatic carbocycles. The number of benzene rings is 1. The lowest BCUT2D eigenvalue weighted by atomic mass is 9.48. The summed E-state index contributed by atoms with van der Waals surface area (Å²) < 4.78 is 0. The van der Waals surface area contributed by atoms with Gasteiger partial charge < -0.3 is 5.32 Å². The fourth-order valence-corrected chi connectivity index (χ4v) is 10.1. The van der Waals surface area contributed by atoms with Crippen LogP contribution in [0, 0.1) is 40.9 Å². The normalized spacial score (nSPS) is 48.8. The van der Waals surface area contributed by atoms with Gasteiger partial charge in [0.15, 0.2) is 0 Å². The molecule has 0 aliphatic heterocycles. The average molecular weight is 390 g/mol. The molecule has 154 valence electrons. The molecule has 8 fully saturated rings. The van der Waals surface area contributed by atoms with Crippen LogP contribution in [-0.2, 0) is 10.2 Å². The Morgan fingerprint density at radius 2 is 1.14 bits per heavy atom. The van der Waals surface area contributed by atoms with Crippen LogP contribution in [0.5, 0.6) is 0 Å². The summed E-state index contributed by atoms with van der Waals surface area (Å²) in [6, 6.07) is 8.93. The molecular formula is C27H35NO. The van der Waals surface area contributed by atoms with E-state index in [-0.39, 0.29) is 5.41 Å². The summed E-state index contributed by atoms with van der Waals surface area (Å²) >= 11 is 0. The number of amides is 1. The lowest BCUT2D eigenvalue weighted by molar-refractivity contribution is -0.140. The third-order valence-corrected chi connectivity index (χ3v) is 10.3. The second kappa shape index (κ2) is 5.89. The minimum absolute atomic E-state index is 0.0522. The van der Waals surface area contributed by atoms with E-state index in [1.165, 1.54) is 63.4 Å². The highest BCUT2D eigenvalue weighted by Crippen LogP contribution is 2.63. The first-order chi connectivity index (χ1) is 14.1. The van der Waals surface area contributed by atoms with Gasteiger partial charge in [0.25, 0.3) is 0 Å². The molecule has 1 N–H and O–H groups in total. The van der Waals surface area contributed by atoms with Crippen molar-refractivity contribution in [3.63, 3.8) is 0 Å². The molecule has 8 aliphatic carbocycles. The van der Waals surface area contributed by atoms with E-state index in [2.05, 4.69) is 29.6 Å². The molecule has 0 atom stereocenters. The molecule has 29 heavy (non-hydrogen) atoms. The molecule has 1 amide bonds. The number of carbonyl (C=O) groups excluding carboxylic acids is 1. The largest absolute Gasteiger partial charge is 0.325 e. The van der Waals surface area contributed by atoms with Crippen LogP contribution in [0.1, 0.15) is 82.6 Å². The summed E-state index contributed by atoms with van der Waals surface area (Å²) in [5.74, 6) is 5.66. The first kappa shape index (κ1) is 17.4. The van der Waals surface area contributed by atoms with Gasteiger partial charge in [-0.05, 0) is 130 Å². The van der Waals surface area contributed by atoms with Crippen LogP contribution in [0.4, 0.5) is 5.69 Å². The third-order valence-electron chi connectivity index (χ3n) is 10.3. The van der Waals surface area contributed by atoms with Gasteiger partial charge in [-0.3, -0.25) is 4.79 Å². The van der Waals surface area contributed by atoms with Crippen molar-refractivity contribution in [3.8, 4) is 0 Å². The van der Waals surface area contributed by atoms with E-state index in [4.69, 9.17) is 0 Å². The van der Waals surface area contributed by atoms with Gasteiger partial charge in [-0.2, -0.15) is 0 Å². The van der Waals surface area contributed by atoms with Gasteiger partial charge in [-0.25, -0.2) is 0 Å². The van der Waals surface area contributed by atoms with Gasteiger partial charge in [-0.15, -0.1) is 0 Å². The second-order valence-electron chi connectivity index (χ2n) is 12.4. The van der Waals surface area contributed by atoms with Crippen LogP contribution >= 0.6 is 0 Å². The van der Waals surface area contributed by atoms with E-state index >= 15 is 0 Å². The first-order valence-electron chi connectivity index (χ1n) is 12.5. The Labute approximate surface area is 175 Å². The van der Waals surface area contributed by atoms with Crippen LogP contribution in [0.3, 0.4) is 0 Å². The molecule has 0 aromatic heterocycles. The standard InChI is InChI=1S/C27H35NO/c29-25(27-14-20-8-21(15-27)10-22(9-20)16-27)28-24-4-2-1-3-23(24)26-11-17-5-18(12-26)7-19(6-17)13-26/h1-4,17-22H,5-16H2,(H,28,29). The van der Waals surface area contributed by atoms with E-state index in [1.807, 2.05) is 0 Å². The highest BCUT2D eigenvalue weighted by Gasteiger charge is 2.55. The Morgan fingerprint density at radius 3 is 1.66 bits per heavy atom. The van der Waals surface area contributed by atoms with Gasteiger partial charge in [0.05, 0.1) is 5.41 Å². The van der Waals surface area contributed by atoms with E-state index in [9.17, 15) is 4.79 Å². The van der Waals surface area contributed by atoms with Crippen molar-refractivity contribution in [2.24, 2.45) is 40.9 Å². The fraction of sp³-hybridized carbons (Fsp3) is 0.741. The highest BCUT2D eigenvalue weighted by molar-refractivity contribution is 5.96. The second-order valence-corrected chi connectivity index (χ2v) is 12.4. The molecule has 8 bridgehead atoms. The van der Waals surface area contributed by atoms with Gasteiger partial charge in [0.1, 0.15) is 0 Å². The maximum atomic E-state index is 13.7. The van der Waals surface area contributed by atoms with Crippen molar-refractivity contribution in [2.75, 3.05) is 5.32 Å². The van der Waals surface area contributed by atoms with Crippen LogP contribution in [-0.4, -0.2) is 5.91 Å². The molecule has 0 heterocycles. The maximum absolute atomic E-state index is 13.7. The zero-order valence-corrected chi connectivity index (χ0v) is 17.7. The topological polar surface area (TPSA) is 29.1 Å². The molecule has 0 unspecified atom stereocenters. The van der Waals surface area contributed by atoms with Crippen molar-refractivity contribution in [2.45, 2.75) is 82.5 Å². The van der Waals surface area contributed by atoms with Crippen LogP contribution < -0.4 is 5.32 Å². The summed E-state index contributed by atoms with van der Waals surface area (Å²) in [6.45, 7) is 0. The lowest BCUT2D eigenvalue weighted by Crippen LogP contribution is -2.52. The number of carbonyl (C=O) groups is 1. The molecule has 9 rings (SSSR count). The van der Waals surface area contributed by atoms with Gasteiger partial charge in [0.2, 0.25) is 5.91 Å². The average Bonchev–Trinajstić information content (AvgIpc) is 2.66. The molecular weight excluding hydrogens is 354 g/mol. The van der Waals surface area contributed by atoms with Crippen molar-refractivity contribution < 1.29 is 4.79 Å². The van der Waals surface area contributed by atoms with Gasteiger partial charge in [0, 0.05) is 5.69 Å². The minimum Gasteiger partial charge on any atom is -0.325 e. The zero-order valence-electron chi connectivity index (χ0n) is 17.7. The number of hydrogen-bond donors (Lipinski definition) is 1. The van der Waals surface area contributed by atoms with E-state index in [0.29, 0.717) is 11.3 Å². The number of nitrogens with one attached hydrogen (secondary N) is 1. The van der Waals surface area contributed by atoms with Gasteiger partial charge >= 0.3 is 0 Å². The Hall–Kier alpha value is -1.31. The van der Waals surface area contributed by atoms with Crippen LogP contribution in [0.15, 0.2) is 24.3 Å². The summed E-state index contributed by atoms with van der Waals surface area (Å²) in [6.07, 6.45) is 16.2. The lowest BCUT2D eigenvalue weighted by Gasteiger charge is -2.57. The SMILES string of the molecule is O=C(Nc1ccccc1C12CC3CC(CC(C3)C1)C2)C12CC3CC(CC(C3)C1)C2. The minimum atomic E-state index is -0.0522. The van der Waals surface area contributed by atoms with Crippen molar-refractivity contribution in [1.29, 1.82) is 0 Å². The maximum Gasteiger partial charge on any atom is 0.230 e. The summed E-state index contributed by atoms with van der Waals surface area (Å²) in [4.78, 5) is 13.7. The number of anilines is 1. The third kappa shape index (κ3) is 2.56. The van der Waals surface area contributed by atoms with E-state index < -0.39 is 0 Å².